The van der Waals surface area contributed by atoms with Gasteiger partial charge in [-0.25, -0.2) is 9.78 Å². The van der Waals surface area contributed by atoms with E-state index in [-0.39, 0.29) is 6.42 Å². The van der Waals surface area contributed by atoms with Gasteiger partial charge in [0.15, 0.2) is 0 Å². The van der Waals surface area contributed by atoms with Crippen LogP contribution >= 0.6 is 0 Å². The molecule has 168 valence electrons. The van der Waals surface area contributed by atoms with Gasteiger partial charge in [-0.05, 0) is 37.8 Å². The molecule has 0 unspecified atom stereocenters. The normalized spacial score (nSPS) is 13.7. The van der Waals surface area contributed by atoms with Gasteiger partial charge in [0.25, 0.3) is 0 Å². The molecule has 0 aliphatic carbocycles. The minimum atomic E-state index is -1.18. The third-order valence-corrected chi connectivity index (χ3v) is 4.81. The van der Waals surface area contributed by atoms with Crippen LogP contribution in [-0.2, 0) is 27.2 Å². The number of carbonyl (C=O) groups is 3. The van der Waals surface area contributed by atoms with Gasteiger partial charge in [-0.3, -0.25) is 9.59 Å². The van der Waals surface area contributed by atoms with Crippen molar-refractivity contribution in [3.8, 4) is 0 Å². The number of H-pyrrole nitrogens is 1. The first kappa shape index (κ1) is 24.0. The molecule has 0 saturated heterocycles. The number of nitrogens with zero attached hydrogens (tertiary/aromatic N) is 1. The van der Waals surface area contributed by atoms with Gasteiger partial charge in [0.2, 0.25) is 11.8 Å². The van der Waals surface area contributed by atoms with Crippen molar-refractivity contribution in [3.05, 3.63) is 54.1 Å². The molecule has 2 aromatic rings. The Morgan fingerprint density at radius 2 is 1.74 bits per heavy atom. The highest BCUT2D eigenvalue weighted by molar-refractivity contribution is 5.91. The highest BCUT2D eigenvalue weighted by atomic mass is 16.4. The number of aromatic nitrogens is 2. The topological polar surface area (TPSA) is 176 Å². The number of nitrogens with one attached hydrogen (secondary N) is 3. The van der Waals surface area contributed by atoms with Gasteiger partial charge < -0.3 is 32.2 Å². The van der Waals surface area contributed by atoms with E-state index in [1.54, 1.807) is 0 Å². The van der Waals surface area contributed by atoms with E-state index in [4.69, 9.17) is 11.5 Å². The minimum absolute atomic E-state index is 0.0397. The van der Waals surface area contributed by atoms with Crippen LogP contribution in [0.3, 0.4) is 0 Å². The molecule has 10 nitrogen and oxygen atoms in total. The lowest BCUT2D eigenvalue weighted by molar-refractivity contribution is -0.142. The van der Waals surface area contributed by atoms with Gasteiger partial charge in [0, 0.05) is 18.3 Å². The fourth-order valence-electron chi connectivity index (χ4n) is 3.09. The second kappa shape index (κ2) is 12.5. The van der Waals surface area contributed by atoms with E-state index < -0.39 is 35.9 Å². The number of carboxylic acids is 1. The summed E-state index contributed by atoms with van der Waals surface area (Å²) in [6.07, 6.45) is 4.88. The number of carbonyl (C=O) groups excluding carboxylic acids is 2. The van der Waals surface area contributed by atoms with E-state index in [0.717, 1.165) is 5.56 Å². The third kappa shape index (κ3) is 8.19. The molecule has 0 aliphatic heterocycles. The first-order valence-electron chi connectivity index (χ1n) is 10.2. The zero-order chi connectivity index (χ0) is 22.6. The van der Waals surface area contributed by atoms with Crippen molar-refractivity contribution >= 4 is 17.8 Å². The third-order valence-electron chi connectivity index (χ3n) is 4.81. The highest BCUT2D eigenvalue weighted by Gasteiger charge is 2.28. The lowest BCUT2D eigenvalue weighted by atomic mass is 10.0. The Morgan fingerprint density at radius 3 is 2.35 bits per heavy atom. The minimum Gasteiger partial charge on any atom is -0.480 e. The molecule has 31 heavy (non-hydrogen) atoms. The molecular weight excluding hydrogens is 400 g/mol. The average molecular weight is 431 g/mol. The maximum atomic E-state index is 12.8. The number of benzene rings is 1. The molecule has 2 rings (SSSR count). The van der Waals surface area contributed by atoms with Crippen LogP contribution in [0, 0.1) is 0 Å². The summed E-state index contributed by atoms with van der Waals surface area (Å²) in [4.78, 5) is 43.7. The Balaban J connectivity index is 2.01. The number of amides is 2. The van der Waals surface area contributed by atoms with Gasteiger partial charge in [-0.2, -0.15) is 0 Å². The predicted molar refractivity (Wildman–Crippen MR) is 115 cm³/mol. The Kier molecular flexibility index (Phi) is 9.66. The number of carboxylic acid groups (broad SMARTS) is 1. The molecule has 3 atom stereocenters. The monoisotopic (exact) mass is 430 g/mol. The second-order valence-electron chi connectivity index (χ2n) is 7.32. The Bertz CT molecular complexity index is 828. The van der Waals surface area contributed by atoms with Crippen LogP contribution in [-0.4, -0.2) is 57.5 Å². The van der Waals surface area contributed by atoms with Crippen LogP contribution in [0.2, 0.25) is 0 Å². The van der Waals surface area contributed by atoms with E-state index in [2.05, 4.69) is 20.6 Å². The van der Waals surface area contributed by atoms with Gasteiger partial charge in [0.05, 0.1) is 12.4 Å². The van der Waals surface area contributed by atoms with E-state index in [1.807, 2.05) is 30.3 Å². The molecule has 1 aromatic heterocycles. The van der Waals surface area contributed by atoms with E-state index in [9.17, 15) is 19.5 Å². The molecule has 0 fully saturated rings. The summed E-state index contributed by atoms with van der Waals surface area (Å²) in [5, 5.41) is 14.6. The van der Waals surface area contributed by atoms with Crippen molar-refractivity contribution in [3.63, 3.8) is 0 Å². The molecule has 0 bridgehead atoms. The van der Waals surface area contributed by atoms with Crippen LogP contribution < -0.4 is 22.1 Å². The molecule has 1 heterocycles. The summed E-state index contributed by atoms with van der Waals surface area (Å²) in [5.41, 5.74) is 13.0. The predicted octanol–water partition coefficient (Wildman–Crippen LogP) is -0.295. The number of unbranched alkanes of at least 4 members (excludes halogenated alkanes) is 1. The average Bonchev–Trinajstić information content (AvgIpc) is 3.26. The zero-order valence-electron chi connectivity index (χ0n) is 17.3. The summed E-state index contributed by atoms with van der Waals surface area (Å²) in [6, 6.07) is 6.40. The number of hydrogen-bond acceptors (Lipinski definition) is 6. The summed E-state index contributed by atoms with van der Waals surface area (Å²) >= 11 is 0. The van der Waals surface area contributed by atoms with Gasteiger partial charge in [0.1, 0.15) is 12.1 Å². The smallest absolute Gasteiger partial charge is 0.326 e. The number of nitrogens with two attached hydrogens (primary N) is 2. The first-order chi connectivity index (χ1) is 14.9. The van der Waals surface area contributed by atoms with Crippen molar-refractivity contribution in [1.82, 2.24) is 20.6 Å². The van der Waals surface area contributed by atoms with Crippen LogP contribution in [0.15, 0.2) is 42.9 Å². The highest BCUT2D eigenvalue weighted by Crippen LogP contribution is 2.06. The molecular formula is C21H30N6O4. The summed E-state index contributed by atoms with van der Waals surface area (Å²) in [5.74, 6) is -2.24. The number of aliphatic carboxylic acids is 1. The maximum Gasteiger partial charge on any atom is 0.326 e. The van der Waals surface area contributed by atoms with E-state index in [1.165, 1.54) is 12.5 Å². The molecule has 1 aromatic carbocycles. The first-order valence-corrected chi connectivity index (χ1v) is 10.2. The Hall–Kier alpha value is -3.24. The largest absolute Gasteiger partial charge is 0.480 e. The van der Waals surface area contributed by atoms with Gasteiger partial charge in [-0.1, -0.05) is 30.3 Å². The Morgan fingerprint density at radius 1 is 1.03 bits per heavy atom. The van der Waals surface area contributed by atoms with Crippen molar-refractivity contribution in [2.75, 3.05) is 6.54 Å². The standard InChI is InChI=1S/C21H30N6O4/c22-9-5-4-8-17(26-19(28)16(23)10-14-6-2-1-3-7-14)20(29)27-18(21(30)31)11-15-12-24-13-25-15/h1-3,6-7,12-13,16-18H,4-5,8-11,22-23H2,(H,24,25)(H,26,28)(H,27,29)(H,30,31)/t16-,17-,18-/m0/s1. The summed E-state index contributed by atoms with van der Waals surface area (Å²) < 4.78 is 0. The molecule has 10 heteroatoms. The quantitative estimate of drug-likeness (QED) is 0.236. The molecule has 8 N–H and O–H groups in total. The van der Waals surface area contributed by atoms with E-state index >= 15 is 0 Å². The van der Waals surface area contributed by atoms with Crippen molar-refractivity contribution in [2.24, 2.45) is 11.5 Å². The Labute approximate surface area is 180 Å². The second-order valence-corrected chi connectivity index (χ2v) is 7.32. The van der Waals surface area contributed by atoms with Crippen molar-refractivity contribution < 1.29 is 19.5 Å². The molecule has 2 amide bonds. The summed E-state index contributed by atoms with van der Waals surface area (Å²) in [6.45, 7) is 0.452. The molecule has 0 radical (unpaired) electrons. The zero-order valence-corrected chi connectivity index (χ0v) is 17.3. The fourth-order valence-corrected chi connectivity index (χ4v) is 3.09. The van der Waals surface area contributed by atoms with Crippen molar-refractivity contribution in [1.29, 1.82) is 0 Å². The van der Waals surface area contributed by atoms with Crippen LogP contribution in [0.5, 0.6) is 0 Å². The van der Waals surface area contributed by atoms with Crippen LogP contribution in [0.1, 0.15) is 30.5 Å². The van der Waals surface area contributed by atoms with Gasteiger partial charge in [-0.15, -0.1) is 0 Å². The number of aromatic amines is 1. The number of rotatable bonds is 13. The van der Waals surface area contributed by atoms with Crippen LogP contribution in [0.25, 0.3) is 0 Å². The lowest BCUT2D eigenvalue weighted by Crippen LogP contribution is -2.55. The van der Waals surface area contributed by atoms with Crippen molar-refractivity contribution in [2.45, 2.75) is 50.2 Å². The fraction of sp³-hybridized carbons (Fsp3) is 0.429. The molecule has 0 spiro atoms. The number of hydrogen-bond donors (Lipinski definition) is 6. The maximum absolute atomic E-state index is 12.8. The molecule has 0 aliphatic rings. The lowest BCUT2D eigenvalue weighted by Gasteiger charge is -2.23. The SMILES string of the molecule is NCCCC[C@H](NC(=O)[C@@H](N)Cc1ccccc1)C(=O)N[C@@H](Cc1cnc[nH]1)C(=O)O. The van der Waals surface area contributed by atoms with E-state index in [0.29, 0.717) is 37.9 Å². The van der Waals surface area contributed by atoms with Gasteiger partial charge >= 0.3 is 5.97 Å². The summed E-state index contributed by atoms with van der Waals surface area (Å²) in [7, 11) is 0. The van der Waals surface area contributed by atoms with Crippen LogP contribution in [0.4, 0.5) is 0 Å². The number of imidazole rings is 1. The molecule has 0 saturated carbocycles.